The van der Waals surface area contributed by atoms with Crippen LogP contribution in [0, 0.1) is 6.92 Å². The fourth-order valence-corrected chi connectivity index (χ4v) is 1.17. The van der Waals surface area contributed by atoms with Gasteiger partial charge in [0.1, 0.15) is 5.82 Å². The average Bonchev–Trinajstić information content (AvgIpc) is 2.03. The molecule has 0 aromatic carbocycles. The Morgan fingerprint density at radius 2 is 2.36 bits per heavy atom. The Hall–Kier alpha value is -0.190. The van der Waals surface area contributed by atoms with E-state index < -0.39 is 0 Å². The Morgan fingerprint density at radius 1 is 1.64 bits per heavy atom. The second kappa shape index (κ2) is 3.99. The third-order valence-electron chi connectivity index (χ3n) is 1.49. The molecule has 0 spiro atoms. The lowest BCUT2D eigenvalue weighted by molar-refractivity contribution is 0.785. The lowest BCUT2D eigenvalue weighted by Crippen LogP contribution is -2.01. The standard InChI is InChI=1S/C8H11IN2/c1-6(5-9)8-10-4-3-7(2)11-8/h3-4,6H,5H2,1-2H3/t6-/m1/s1. The van der Waals surface area contributed by atoms with E-state index in [-0.39, 0.29) is 0 Å². The van der Waals surface area contributed by atoms with E-state index in [2.05, 4.69) is 39.5 Å². The normalized spacial score (nSPS) is 13.0. The number of aryl methyl sites for hydroxylation is 1. The number of hydrogen-bond acceptors (Lipinski definition) is 2. The van der Waals surface area contributed by atoms with Crippen molar-refractivity contribution in [3.63, 3.8) is 0 Å². The Kier molecular flexibility index (Phi) is 3.23. The largest absolute Gasteiger partial charge is 0.241 e. The minimum atomic E-state index is 0.468. The predicted octanol–water partition coefficient (Wildman–Crippen LogP) is 2.32. The van der Waals surface area contributed by atoms with Crippen LogP contribution < -0.4 is 0 Å². The number of hydrogen-bond donors (Lipinski definition) is 0. The van der Waals surface area contributed by atoms with E-state index in [0.717, 1.165) is 15.9 Å². The number of halogens is 1. The summed E-state index contributed by atoms with van der Waals surface area (Å²) in [6.45, 7) is 4.13. The molecule has 0 aliphatic rings. The van der Waals surface area contributed by atoms with E-state index in [1.54, 1.807) is 0 Å². The van der Waals surface area contributed by atoms with Crippen LogP contribution >= 0.6 is 22.6 Å². The number of alkyl halides is 1. The molecule has 0 N–H and O–H groups in total. The molecule has 0 radical (unpaired) electrons. The first kappa shape index (κ1) is 8.90. The molecule has 0 fully saturated rings. The highest BCUT2D eigenvalue weighted by molar-refractivity contribution is 14.1. The van der Waals surface area contributed by atoms with Crippen LogP contribution in [0.4, 0.5) is 0 Å². The minimum Gasteiger partial charge on any atom is -0.241 e. The van der Waals surface area contributed by atoms with Crippen LogP contribution in [0.1, 0.15) is 24.4 Å². The van der Waals surface area contributed by atoms with Crippen LogP contribution in [0.5, 0.6) is 0 Å². The summed E-state index contributed by atoms with van der Waals surface area (Å²) in [5.74, 6) is 1.43. The summed E-state index contributed by atoms with van der Waals surface area (Å²) in [5.41, 5.74) is 1.05. The van der Waals surface area contributed by atoms with Crippen molar-refractivity contribution < 1.29 is 0 Å². The molecular formula is C8H11IN2. The fourth-order valence-electron chi connectivity index (χ4n) is 0.775. The van der Waals surface area contributed by atoms with Crippen molar-refractivity contribution in [2.75, 3.05) is 4.43 Å². The molecule has 0 aliphatic carbocycles. The second-order valence-electron chi connectivity index (χ2n) is 2.61. The zero-order valence-corrected chi connectivity index (χ0v) is 8.87. The highest BCUT2D eigenvalue weighted by Gasteiger charge is 2.05. The van der Waals surface area contributed by atoms with Crippen LogP contribution in [-0.2, 0) is 0 Å². The third-order valence-corrected chi connectivity index (χ3v) is 2.81. The highest BCUT2D eigenvalue weighted by atomic mass is 127. The van der Waals surface area contributed by atoms with E-state index in [1.165, 1.54) is 0 Å². The molecule has 0 aliphatic heterocycles. The molecule has 0 saturated heterocycles. The molecule has 1 aromatic rings. The summed E-state index contributed by atoms with van der Waals surface area (Å²) in [4.78, 5) is 8.52. The Labute approximate surface area is 80.6 Å². The highest BCUT2D eigenvalue weighted by Crippen LogP contribution is 2.12. The summed E-state index contributed by atoms with van der Waals surface area (Å²) in [6, 6.07) is 1.92. The van der Waals surface area contributed by atoms with Crippen molar-refractivity contribution in [2.24, 2.45) is 0 Å². The number of rotatable bonds is 2. The van der Waals surface area contributed by atoms with Gasteiger partial charge in [0.15, 0.2) is 0 Å². The van der Waals surface area contributed by atoms with Gasteiger partial charge >= 0.3 is 0 Å². The maximum absolute atomic E-state index is 4.33. The maximum Gasteiger partial charge on any atom is 0.132 e. The Bertz CT molecular complexity index is 237. The Morgan fingerprint density at radius 3 is 2.91 bits per heavy atom. The lowest BCUT2D eigenvalue weighted by atomic mass is 10.2. The summed E-state index contributed by atoms with van der Waals surface area (Å²) >= 11 is 2.35. The van der Waals surface area contributed by atoms with Gasteiger partial charge < -0.3 is 0 Å². The molecule has 3 heteroatoms. The average molecular weight is 262 g/mol. The molecule has 2 nitrogen and oxygen atoms in total. The van der Waals surface area contributed by atoms with Gasteiger partial charge in [0.25, 0.3) is 0 Å². The Balaban J connectivity index is 2.86. The first-order chi connectivity index (χ1) is 5.24. The maximum atomic E-state index is 4.33. The fraction of sp³-hybridized carbons (Fsp3) is 0.500. The van der Waals surface area contributed by atoms with E-state index in [4.69, 9.17) is 0 Å². The van der Waals surface area contributed by atoms with E-state index in [9.17, 15) is 0 Å². The molecule has 1 rings (SSSR count). The summed E-state index contributed by atoms with van der Waals surface area (Å²) in [5, 5.41) is 0. The zero-order valence-electron chi connectivity index (χ0n) is 6.71. The van der Waals surface area contributed by atoms with Crippen molar-refractivity contribution in [2.45, 2.75) is 19.8 Å². The van der Waals surface area contributed by atoms with Gasteiger partial charge in [-0.3, -0.25) is 0 Å². The van der Waals surface area contributed by atoms with Gasteiger partial charge in [-0.25, -0.2) is 9.97 Å². The lowest BCUT2D eigenvalue weighted by Gasteiger charge is -2.04. The smallest absolute Gasteiger partial charge is 0.132 e. The van der Waals surface area contributed by atoms with Crippen molar-refractivity contribution in [1.29, 1.82) is 0 Å². The van der Waals surface area contributed by atoms with Crippen molar-refractivity contribution in [1.82, 2.24) is 9.97 Å². The summed E-state index contributed by atoms with van der Waals surface area (Å²) < 4.78 is 1.07. The van der Waals surface area contributed by atoms with Gasteiger partial charge in [0.2, 0.25) is 0 Å². The van der Waals surface area contributed by atoms with Gasteiger partial charge in [0, 0.05) is 22.2 Å². The van der Waals surface area contributed by atoms with Crippen LogP contribution in [0.3, 0.4) is 0 Å². The predicted molar refractivity (Wildman–Crippen MR) is 54.1 cm³/mol. The van der Waals surface area contributed by atoms with Crippen LogP contribution in [0.25, 0.3) is 0 Å². The number of aromatic nitrogens is 2. The van der Waals surface area contributed by atoms with Crippen LogP contribution in [-0.4, -0.2) is 14.4 Å². The molecule has 0 amide bonds. The molecule has 1 heterocycles. The molecule has 0 unspecified atom stereocenters. The van der Waals surface area contributed by atoms with Gasteiger partial charge in [0.05, 0.1) is 0 Å². The van der Waals surface area contributed by atoms with Crippen molar-refractivity contribution in [3.05, 3.63) is 23.8 Å². The molecule has 1 atom stereocenters. The van der Waals surface area contributed by atoms with E-state index in [0.29, 0.717) is 5.92 Å². The third kappa shape index (κ3) is 2.39. The second-order valence-corrected chi connectivity index (χ2v) is 3.49. The molecule has 60 valence electrons. The molecule has 1 aromatic heterocycles. The van der Waals surface area contributed by atoms with Crippen molar-refractivity contribution >= 4 is 22.6 Å². The van der Waals surface area contributed by atoms with Gasteiger partial charge in [-0.1, -0.05) is 29.5 Å². The molecule has 0 saturated carbocycles. The molecule has 11 heavy (non-hydrogen) atoms. The summed E-state index contributed by atoms with van der Waals surface area (Å²) in [6.07, 6.45) is 1.82. The van der Waals surface area contributed by atoms with Gasteiger partial charge in [-0.2, -0.15) is 0 Å². The van der Waals surface area contributed by atoms with Gasteiger partial charge in [-0.15, -0.1) is 0 Å². The molecular weight excluding hydrogens is 251 g/mol. The van der Waals surface area contributed by atoms with Crippen molar-refractivity contribution in [3.8, 4) is 0 Å². The molecule has 0 bridgehead atoms. The monoisotopic (exact) mass is 262 g/mol. The van der Waals surface area contributed by atoms with Crippen LogP contribution in [0.2, 0.25) is 0 Å². The van der Waals surface area contributed by atoms with E-state index >= 15 is 0 Å². The zero-order chi connectivity index (χ0) is 8.27. The quantitative estimate of drug-likeness (QED) is 0.603. The number of nitrogens with zero attached hydrogens (tertiary/aromatic N) is 2. The topological polar surface area (TPSA) is 25.8 Å². The first-order valence-corrected chi connectivity index (χ1v) is 5.12. The van der Waals surface area contributed by atoms with E-state index in [1.807, 2.05) is 19.2 Å². The SMILES string of the molecule is Cc1ccnc([C@H](C)CI)n1. The van der Waals surface area contributed by atoms with Crippen LogP contribution in [0.15, 0.2) is 12.3 Å². The first-order valence-electron chi connectivity index (χ1n) is 3.59. The van der Waals surface area contributed by atoms with Gasteiger partial charge in [-0.05, 0) is 13.0 Å². The summed E-state index contributed by atoms with van der Waals surface area (Å²) in [7, 11) is 0. The minimum absolute atomic E-state index is 0.468.